The summed E-state index contributed by atoms with van der Waals surface area (Å²) in [5.74, 6) is -0.213. The number of hydrogen-bond acceptors (Lipinski definition) is 4. The third kappa shape index (κ3) is 49.8. The highest BCUT2D eigenvalue weighted by Gasteiger charge is 2.13. The lowest BCUT2D eigenvalue weighted by Crippen LogP contribution is -2.27. The first-order valence-electron chi connectivity index (χ1n) is 25.2. The summed E-state index contributed by atoms with van der Waals surface area (Å²) in [6, 6.07) is 0. The molecule has 0 bridgehead atoms. The topological polar surface area (TPSA) is 55.8 Å². The molecule has 0 aliphatic carbocycles. The van der Waals surface area contributed by atoms with Gasteiger partial charge in [-0.05, 0) is 89.9 Å². The second-order valence-electron chi connectivity index (χ2n) is 16.5. The van der Waals surface area contributed by atoms with E-state index in [2.05, 4.69) is 98.9 Å². The Bertz CT molecular complexity index is 1050. The number of rotatable bonds is 46. The second kappa shape index (κ2) is 51.7. The SMILES string of the molecule is CC/C=C\C/C=C\C/C=C\C/C=C\C/C=C\C/C=C\CCCCCOCC(CO)OC(=O)CCCCCCCCCCCCCCC/C=C\CCCCCCCCCC. The maximum Gasteiger partial charge on any atom is 0.306 e. The summed E-state index contributed by atoms with van der Waals surface area (Å²) in [7, 11) is 0. The van der Waals surface area contributed by atoms with Gasteiger partial charge in [-0.25, -0.2) is 0 Å². The molecule has 0 aliphatic heterocycles. The quantitative estimate of drug-likeness (QED) is 0.0378. The van der Waals surface area contributed by atoms with Gasteiger partial charge in [0.1, 0.15) is 6.10 Å². The third-order valence-electron chi connectivity index (χ3n) is 10.7. The number of carbonyl (C=O) groups is 1. The second-order valence-corrected chi connectivity index (χ2v) is 16.5. The van der Waals surface area contributed by atoms with Crippen LogP contribution in [0.25, 0.3) is 0 Å². The van der Waals surface area contributed by atoms with E-state index in [1.165, 1.54) is 135 Å². The molecule has 4 heteroatoms. The van der Waals surface area contributed by atoms with Gasteiger partial charge in [0.15, 0.2) is 0 Å². The third-order valence-corrected chi connectivity index (χ3v) is 10.7. The van der Waals surface area contributed by atoms with E-state index in [-0.39, 0.29) is 19.2 Å². The zero-order valence-corrected chi connectivity index (χ0v) is 39.0. The predicted octanol–water partition coefficient (Wildman–Crippen LogP) is 17.1. The molecule has 1 atom stereocenters. The van der Waals surface area contributed by atoms with E-state index in [4.69, 9.17) is 9.47 Å². The largest absolute Gasteiger partial charge is 0.457 e. The van der Waals surface area contributed by atoms with Crippen LogP contribution in [0.4, 0.5) is 0 Å². The lowest BCUT2D eigenvalue weighted by molar-refractivity contribution is -0.154. The first kappa shape index (κ1) is 56.6. The Morgan fingerprint density at radius 3 is 1.17 bits per heavy atom. The van der Waals surface area contributed by atoms with E-state index in [9.17, 15) is 9.90 Å². The van der Waals surface area contributed by atoms with Crippen molar-refractivity contribution in [3.63, 3.8) is 0 Å². The molecule has 0 radical (unpaired) electrons. The van der Waals surface area contributed by atoms with Crippen molar-refractivity contribution in [1.29, 1.82) is 0 Å². The molecule has 0 rings (SSSR count). The molecule has 340 valence electrons. The molecule has 1 unspecified atom stereocenters. The van der Waals surface area contributed by atoms with Crippen molar-refractivity contribution in [3.8, 4) is 0 Å². The summed E-state index contributed by atoms with van der Waals surface area (Å²) in [5.41, 5.74) is 0. The van der Waals surface area contributed by atoms with E-state index in [1.807, 2.05) is 0 Å². The van der Waals surface area contributed by atoms with Gasteiger partial charge in [-0.3, -0.25) is 4.79 Å². The smallest absolute Gasteiger partial charge is 0.306 e. The Kier molecular flexibility index (Phi) is 49.6. The lowest BCUT2D eigenvalue weighted by atomic mass is 10.0. The number of aliphatic hydroxyl groups is 1. The number of esters is 1. The van der Waals surface area contributed by atoms with Gasteiger partial charge in [0.2, 0.25) is 0 Å². The number of allylic oxidation sites excluding steroid dienone is 14. The van der Waals surface area contributed by atoms with Gasteiger partial charge in [-0.1, -0.05) is 221 Å². The van der Waals surface area contributed by atoms with Gasteiger partial charge in [0.25, 0.3) is 0 Å². The molecular formula is C55H96O4. The summed E-state index contributed by atoms with van der Waals surface area (Å²) >= 11 is 0. The average molecular weight is 821 g/mol. The first-order valence-corrected chi connectivity index (χ1v) is 25.2. The zero-order valence-electron chi connectivity index (χ0n) is 39.0. The van der Waals surface area contributed by atoms with Crippen LogP contribution in [0.5, 0.6) is 0 Å². The number of carbonyl (C=O) groups excluding carboxylic acids is 1. The molecule has 0 spiro atoms. The summed E-state index contributed by atoms with van der Waals surface area (Å²) in [4.78, 5) is 12.3. The molecule has 59 heavy (non-hydrogen) atoms. The fourth-order valence-electron chi connectivity index (χ4n) is 6.97. The maximum absolute atomic E-state index is 12.3. The molecule has 0 aromatic carbocycles. The van der Waals surface area contributed by atoms with E-state index < -0.39 is 6.10 Å². The summed E-state index contributed by atoms with van der Waals surface area (Å²) < 4.78 is 11.2. The van der Waals surface area contributed by atoms with Crippen LogP contribution in [0.2, 0.25) is 0 Å². The van der Waals surface area contributed by atoms with Crippen molar-refractivity contribution in [1.82, 2.24) is 0 Å². The molecule has 0 amide bonds. The minimum absolute atomic E-state index is 0.189. The van der Waals surface area contributed by atoms with Gasteiger partial charge in [-0.15, -0.1) is 0 Å². The Morgan fingerprint density at radius 1 is 0.424 bits per heavy atom. The Labute approximate surface area is 367 Å². The minimum atomic E-state index is -0.558. The van der Waals surface area contributed by atoms with Crippen molar-refractivity contribution >= 4 is 5.97 Å². The number of aliphatic hydroxyl groups excluding tert-OH is 1. The van der Waals surface area contributed by atoms with Crippen molar-refractivity contribution in [3.05, 3.63) is 85.1 Å². The molecule has 0 aliphatic rings. The van der Waals surface area contributed by atoms with Gasteiger partial charge in [0.05, 0.1) is 13.2 Å². The van der Waals surface area contributed by atoms with E-state index >= 15 is 0 Å². The van der Waals surface area contributed by atoms with E-state index in [0.717, 1.165) is 77.0 Å². The van der Waals surface area contributed by atoms with Gasteiger partial charge in [-0.2, -0.15) is 0 Å². The fourth-order valence-corrected chi connectivity index (χ4v) is 6.97. The highest BCUT2D eigenvalue weighted by atomic mass is 16.6. The van der Waals surface area contributed by atoms with Crippen LogP contribution in [-0.4, -0.2) is 37.0 Å². The monoisotopic (exact) mass is 821 g/mol. The molecule has 0 aromatic rings. The van der Waals surface area contributed by atoms with Crippen LogP contribution in [0, 0.1) is 0 Å². The zero-order chi connectivity index (χ0) is 42.6. The van der Waals surface area contributed by atoms with Crippen molar-refractivity contribution in [2.75, 3.05) is 19.8 Å². The summed E-state index contributed by atoms with van der Waals surface area (Å²) in [5, 5.41) is 9.64. The molecule has 0 saturated carbocycles. The molecule has 0 fully saturated rings. The number of hydrogen-bond donors (Lipinski definition) is 1. The Morgan fingerprint density at radius 2 is 0.763 bits per heavy atom. The molecule has 0 heterocycles. The van der Waals surface area contributed by atoms with Crippen LogP contribution < -0.4 is 0 Å². The van der Waals surface area contributed by atoms with E-state index in [0.29, 0.717) is 13.0 Å². The minimum Gasteiger partial charge on any atom is -0.457 e. The Balaban J connectivity index is 3.49. The lowest BCUT2D eigenvalue weighted by Gasteiger charge is -2.15. The predicted molar refractivity (Wildman–Crippen MR) is 260 cm³/mol. The Hall–Kier alpha value is -2.43. The molecule has 0 saturated heterocycles. The number of unbranched alkanes of at least 4 members (excludes halogenated alkanes) is 24. The standard InChI is InChI=1S/C55H96O4/c1-3-5-7-9-11-13-15-17-19-21-23-25-27-28-29-30-32-34-36-38-40-42-44-46-48-50-55(57)59-54(52-56)53-58-51-49-47-45-43-41-39-37-35-33-31-26-24-22-20-18-16-14-12-10-8-6-4-2/h6,8,12,14,18,20-21,23-24,26,33,35,39,41,54,56H,3-5,7,9-11,13,15-17,19,22,25,27-32,34,36-38,40,42-53H2,1-2H3/b8-6-,14-12-,20-18-,23-21-,26-24-,35-33-,41-39-. The molecular weight excluding hydrogens is 725 g/mol. The van der Waals surface area contributed by atoms with Crippen molar-refractivity contribution < 1.29 is 19.4 Å². The number of ether oxygens (including phenoxy) is 2. The fraction of sp³-hybridized carbons (Fsp3) is 0.727. The van der Waals surface area contributed by atoms with Gasteiger partial charge in [0, 0.05) is 13.0 Å². The van der Waals surface area contributed by atoms with Crippen molar-refractivity contribution in [2.45, 2.75) is 238 Å². The average Bonchev–Trinajstić information content (AvgIpc) is 3.24. The van der Waals surface area contributed by atoms with E-state index in [1.54, 1.807) is 0 Å². The maximum atomic E-state index is 12.3. The highest BCUT2D eigenvalue weighted by Crippen LogP contribution is 2.15. The van der Waals surface area contributed by atoms with Crippen molar-refractivity contribution in [2.24, 2.45) is 0 Å². The summed E-state index contributed by atoms with van der Waals surface area (Å²) in [6.45, 7) is 5.17. The van der Waals surface area contributed by atoms with Crippen LogP contribution >= 0.6 is 0 Å². The van der Waals surface area contributed by atoms with Crippen LogP contribution in [0.1, 0.15) is 232 Å². The normalized spacial score (nSPS) is 13.1. The highest BCUT2D eigenvalue weighted by molar-refractivity contribution is 5.69. The molecule has 1 N–H and O–H groups in total. The van der Waals surface area contributed by atoms with Crippen LogP contribution in [0.15, 0.2) is 85.1 Å². The van der Waals surface area contributed by atoms with Crippen LogP contribution in [-0.2, 0) is 14.3 Å². The molecule has 0 aromatic heterocycles. The van der Waals surface area contributed by atoms with Gasteiger partial charge >= 0.3 is 5.97 Å². The first-order chi connectivity index (χ1) is 29.2. The van der Waals surface area contributed by atoms with Crippen LogP contribution in [0.3, 0.4) is 0 Å². The van der Waals surface area contributed by atoms with Gasteiger partial charge < -0.3 is 14.6 Å². The molecule has 4 nitrogen and oxygen atoms in total. The summed E-state index contributed by atoms with van der Waals surface area (Å²) in [6.07, 6.45) is 72.5.